The molecule has 0 radical (unpaired) electrons. The van der Waals surface area contributed by atoms with Crippen molar-refractivity contribution in [2.45, 2.75) is 25.0 Å². The quantitative estimate of drug-likeness (QED) is 0.912. The number of ether oxygens (including phenoxy) is 1. The average Bonchev–Trinajstić information content (AvgIpc) is 2.62. The van der Waals surface area contributed by atoms with E-state index in [2.05, 4.69) is 22.8 Å². The molecule has 1 aliphatic rings. The van der Waals surface area contributed by atoms with Crippen LogP contribution in [0.4, 0.5) is 4.79 Å². The van der Waals surface area contributed by atoms with E-state index in [0.717, 1.165) is 37.1 Å². The van der Waals surface area contributed by atoms with E-state index in [-0.39, 0.29) is 18.2 Å². The average molecular weight is 310 g/mol. The lowest BCUT2D eigenvalue weighted by Gasteiger charge is -2.38. The van der Waals surface area contributed by atoms with Gasteiger partial charge in [0.05, 0.1) is 5.54 Å². The number of piperidine rings is 1. The summed E-state index contributed by atoms with van der Waals surface area (Å²) in [5, 5.41) is 6.47. The van der Waals surface area contributed by atoms with Gasteiger partial charge in [-0.3, -0.25) is 0 Å². The van der Waals surface area contributed by atoms with Gasteiger partial charge in [-0.15, -0.1) is 0 Å². The van der Waals surface area contributed by atoms with Crippen LogP contribution in [0.3, 0.4) is 0 Å². The number of carbonyl (C=O) groups excluding carboxylic acids is 1. The maximum atomic E-state index is 12.3. The highest BCUT2D eigenvalue weighted by molar-refractivity contribution is 5.69. The summed E-state index contributed by atoms with van der Waals surface area (Å²) in [6.07, 6.45) is 1.36. The fourth-order valence-electron chi connectivity index (χ4n) is 3.05. The Morgan fingerprint density at radius 2 is 1.61 bits per heavy atom. The predicted molar refractivity (Wildman–Crippen MR) is 90.0 cm³/mol. The Labute approximate surface area is 136 Å². The summed E-state index contributed by atoms with van der Waals surface area (Å²) >= 11 is 0. The van der Waals surface area contributed by atoms with Gasteiger partial charge >= 0.3 is 6.09 Å². The number of amides is 1. The third-order valence-electron chi connectivity index (χ3n) is 4.34. The van der Waals surface area contributed by atoms with Gasteiger partial charge in [-0.2, -0.15) is 0 Å². The molecule has 4 nitrogen and oxygen atoms in total. The fourth-order valence-corrected chi connectivity index (χ4v) is 3.05. The summed E-state index contributed by atoms with van der Waals surface area (Å²) in [5.41, 5.74) is 1.78. The minimum absolute atomic E-state index is 0.287. The molecule has 1 amide bonds. The van der Waals surface area contributed by atoms with E-state index in [1.807, 2.05) is 48.5 Å². The Kier molecular flexibility index (Phi) is 4.93. The summed E-state index contributed by atoms with van der Waals surface area (Å²) in [6.45, 7) is 2.05. The lowest BCUT2D eigenvalue weighted by atomic mass is 9.81. The second-order valence-electron chi connectivity index (χ2n) is 5.88. The molecule has 0 unspecified atom stereocenters. The van der Waals surface area contributed by atoms with Crippen molar-refractivity contribution in [3.8, 4) is 0 Å². The normalized spacial score (nSPS) is 16.5. The van der Waals surface area contributed by atoms with E-state index in [9.17, 15) is 4.79 Å². The second-order valence-corrected chi connectivity index (χ2v) is 5.88. The SMILES string of the molecule is O=C(NC1(c2ccccc2)CCNCC1)OCc1ccccc1. The van der Waals surface area contributed by atoms with Crippen molar-refractivity contribution in [3.05, 3.63) is 71.8 Å². The summed E-state index contributed by atoms with van der Waals surface area (Å²) < 4.78 is 5.41. The summed E-state index contributed by atoms with van der Waals surface area (Å²) in [6, 6.07) is 19.9. The number of nitrogens with one attached hydrogen (secondary N) is 2. The molecule has 2 N–H and O–H groups in total. The van der Waals surface area contributed by atoms with Crippen LogP contribution in [-0.4, -0.2) is 19.2 Å². The topological polar surface area (TPSA) is 50.4 Å². The first-order chi connectivity index (χ1) is 11.3. The van der Waals surface area contributed by atoms with Crippen LogP contribution in [0.25, 0.3) is 0 Å². The molecule has 0 saturated carbocycles. The molecule has 0 spiro atoms. The Bertz CT molecular complexity index is 622. The van der Waals surface area contributed by atoms with Gasteiger partial charge in [0.25, 0.3) is 0 Å². The molecule has 0 aliphatic carbocycles. The third kappa shape index (κ3) is 3.90. The first-order valence-electron chi connectivity index (χ1n) is 8.04. The van der Waals surface area contributed by atoms with Crippen LogP contribution in [0.5, 0.6) is 0 Å². The van der Waals surface area contributed by atoms with E-state index in [4.69, 9.17) is 4.74 Å². The van der Waals surface area contributed by atoms with Crippen molar-refractivity contribution in [2.75, 3.05) is 13.1 Å². The van der Waals surface area contributed by atoms with Crippen molar-refractivity contribution in [2.24, 2.45) is 0 Å². The minimum Gasteiger partial charge on any atom is -0.445 e. The van der Waals surface area contributed by atoms with E-state index in [0.29, 0.717) is 0 Å². The van der Waals surface area contributed by atoms with Gasteiger partial charge < -0.3 is 15.4 Å². The van der Waals surface area contributed by atoms with Crippen LogP contribution in [0.1, 0.15) is 24.0 Å². The van der Waals surface area contributed by atoms with Gasteiger partial charge in [0, 0.05) is 0 Å². The first kappa shape index (κ1) is 15.6. The zero-order chi connectivity index (χ0) is 16.0. The second kappa shape index (κ2) is 7.29. The van der Waals surface area contributed by atoms with E-state index in [1.165, 1.54) is 0 Å². The maximum Gasteiger partial charge on any atom is 0.408 e. The summed E-state index contributed by atoms with van der Waals surface area (Å²) in [4.78, 5) is 12.3. The molecule has 1 heterocycles. The highest BCUT2D eigenvalue weighted by atomic mass is 16.5. The number of hydrogen-bond acceptors (Lipinski definition) is 3. The van der Waals surface area contributed by atoms with Crippen LogP contribution >= 0.6 is 0 Å². The van der Waals surface area contributed by atoms with Crippen LogP contribution in [0.15, 0.2) is 60.7 Å². The number of benzene rings is 2. The molecular formula is C19H22N2O2. The van der Waals surface area contributed by atoms with Gasteiger partial charge in [0.15, 0.2) is 0 Å². The molecule has 4 heteroatoms. The highest BCUT2D eigenvalue weighted by Crippen LogP contribution is 2.30. The largest absolute Gasteiger partial charge is 0.445 e. The Balaban J connectivity index is 1.68. The smallest absolute Gasteiger partial charge is 0.408 e. The Hall–Kier alpha value is -2.33. The number of hydrogen-bond donors (Lipinski definition) is 2. The number of alkyl carbamates (subject to hydrolysis) is 1. The Morgan fingerprint density at radius 1 is 1.00 bits per heavy atom. The van der Waals surface area contributed by atoms with Gasteiger partial charge in [-0.1, -0.05) is 60.7 Å². The van der Waals surface area contributed by atoms with Crippen molar-refractivity contribution < 1.29 is 9.53 Å². The molecular weight excluding hydrogens is 288 g/mol. The van der Waals surface area contributed by atoms with Crippen molar-refractivity contribution in [3.63, 3.8) is 0 Å². The molecule has 1 fully saturated rings. The zero-order valence-corrected chi connectivity index (χ0v) is 13.1. The summed E-state index contributed by atoms with van der Waals surface area (Å²) in [5.74, 6) is 0. The molecule has 1 aliphatic heterocycles. The molecule has 3 rings (SSSR count). The van der Waals surface area contributed by atoms with Crippen LogP contribution in [0, 0.1) is 0 Å². The van der Waals surface area contributed by atoms with Gasteiger partial charge in [0.1, 0.15) is 6.61 Å². The number of rotatable bonds is 4. The third-order valence-corrected chi connectivity index (χ3v) is 4.34. The Morgan fingerprint density at radius 3 is 2.26 bits per heavy atom. The van der Waals surface area contributed by atoms with Crippen LogP contribution < -0.4 is 10.6 Å². The first-order valence-corrected chi connectivity index (χ1v) is 8.04. The fraction of sp³-hybridized carbons (Fsp3) is 0.316. The van der Waals surface area contributed by atoms with E-state index in [1.54, 1.807) is 0 Å². The molecule has 1 saturated heterocycles. The van der Waals surface area contributed by atoms with Crippen molar-refractivity contribution in [1.29, 1.82) is 0 Å². The van der Waals surface area contributed by atoms with Crippen molar-refractivity contribution >= 4 is 6.09 Å². The summed E-state index contributed by atoms with van der Waals surface area (Å²) in [7, 11) is 0. The van der Waals surface area contributed by atoms with Gasteiger partial charge in [-0.25, -0.2) is 4.79 Å². The predicted octanol–water partition coefficient (Wildman–Crippen LogP) is 3.19. The molecule has 0 aromatic heterocycles. The van der Waals surface area contributed by atoms with E-state index >= 15 is 0 Å². The standard InChI is InChI=1S/C19H22N2O2/c22-18(23-15-16-7-3-1-4-8-16)21-19(11-13-20-14-12-19)17-9-5-2-6-10-17/h1-10,20H,11-15H2,(H,21,22). The van der Waals surface area contributed by atoms with Gasteiger partial charge in [-0.05, 0) is 37.1 Å². The number of carbonyl (C=O) groups is 1. The molecule has 0 atom stereocenters. The lowest BCUT2D eigenvalue weighted by molar-refractivity contribution is 0.118. The monoisotopic (exact) mass is 310 g/mol. The van der Waals surface area contributed by atoms with Crippen LogP contribution in [-0.2, 0) is 16.9 Å². The molecule has 120 valence electrons. The van der Waals surface area contributed by atoms with E-state index < -0.39 is 0 Å². The molecule has 2 aromatic rings. The minimum atomic E-state index is -0.361. The van der Waals surface area contributed by atoms with Gasteiger partial charge in [0.2, 0.25) is 0 Å². The highest BCUT2D eigenvalue weighted by Gasteiger charge is 2.35. The molecule has 0 bridgehead atoms. The lowest BCUT2D eigenvalue weighted by Crippen LogP contribution is -2.52. The maximum absolute atomic E-state index is 12.3. The molecule has 23 heavy (non-hydrogen) atoms. The van der Waals surface area contributed by atoms with Crippen LogP contribution in [0.2, 0.25) is 0 Å². The molecule has 2 aromatic carbocycles. The zero-order valence-electron chi connectivity index (χ0n) is 13.1. The van der Waals surface area contributed by atoms with Crippen molar-refractivity contribution in [1.82, 2.24) is 10.6 Å².